The summed E-state index contributed by atoms with van der Waals surface area (Å²) < 4.78 is 0. The van der Waals surface area contributed by atoms with Crippen LogP contribution in [-0.4, -0.2) is 37.7 Å². The number of hydrogen-bond donors (Lipinski definition) is 0. The van der Waals surface area contributed by atoms with Crippen LogP contribution in [0.2, 0.25) is 0 Å². The van der Waals surface area contributed by atoms with E-state index in [-0.39, 0.29) is 37.7 Å². The molecule has 0 atom stereocenters. The average molecular weight is 175 g/mol. The van der Waals surface area contributed by atoms with Crippen LogP contribution in [-0.2, 0) is 13.1 Å². The van der Waals surface area contributed by atoms with Gasteiger partial charge in [0.25, 0.3) is 0 Å². The Bertz CT molecular complexity index is 6.00. The molecule has 0 aromatic heterocycles. The molecule has 27 valence electrons. The summed E-state index contributed by atoms with van der Waals surface area (Å²) in [5.74, 6) is 0. The van der Waals surface area contributed by atoms with Crippen molar-refractivity contribution in [3.05, 3.63) is 0 Å². The Hall–Kier alpha value is 2.36. The Morgan fingerprint density at radius 3 is 1.25 bits per heavy atom. The average Bonchev–Trinajstić information content (AvgIpc) is 0.918. The van der Waals surface area contributed by atoms with Gasteiger partial charge in [0.05, 0.1) is 0 Å². The van der Waals surface area contributed by atoms with Crippen LogP contribution in [0.3, 0.4) is 0 Å². The fraction of sp³-hybridized carbons (Fsp3) is 0. The molecule has 0 heterocycles. The van der Waals surface area contributed by atoms with Gasteiger partial charge in [0.15, 0.2) is 0 Å². The maximum absolute atomic E-state index is 4.67. The van der Waals surface area contributed by atoms with Crippen molar-refractivity contribution >= 4 is 57.9 Å². The normalized spacial score (nSPS) is 5.50. The van der Waals surface area contributed by atoms with E-state index >= 15 is 0 Å². The predicted octanol–water partition coefficient (Wildman–Crippen LogP) is 0.996. The van der Waals surface area contributed by atoms with Crippen molar-refractivity contribution in [1.82, 2.24) is 0 Å². The third kappa shape index (κ3) is 8.84. The van der Waals surface area contributed by atoms with Crippen LogP contribution >= 0.6 is 20.2 Å². The molecule has 0 aromatic rings. The second-order valence-corrected chi connectivity index (χ2v) is 1.60. The van der Waals surface area contributed by atoms with Crippen molar-refractivity contribution in [2.24, 2.45) is 0 Å². The third-order valence-electron chi connectivity index (χ3n) is 0. The van der Waals surface area contributed by atoms with Gasteiger partial charge in [-0.05, 0) is 0 Å². The Morgan fingerprint density at radius 2 is 1.25 bits per heavy atom. The topological polar surface area (TPSA) is 0 Å². The molecule has 0 spiro atoms. The summed E-state index contributed by atoms with van der Waals surface area (Å²) in [6.45, 7) is 0. The summed E-state index contributed by atoms with van der Waals surface area (Å²) in [6, 6.07) is 0. The number of hydrogen-bond acceptors (Lipinski definition) is 0. The zero-order chi connectivity index (χ0) is 2.71. The van der Waals surface area contributed by atoms with Gasteiger partial charge in [-0.2, -0.15) is 0 Å². The van der Waals surface area contributed by atoms with Crippen LogP contribution in [0.4, 0.5) is 0 Å². The van der Waals surface area contributed by atoms with Crippen LogP contribution in [0, 0.1) is 0 Å². The maximum atomic E-state index is 4.67. The summed E-state index contributed by atoms with van der Waals surface area (Å²) in [5.41, 5.74) is 0. The van der Waals surface area contributed by atoms with Crippen LogP contribution < -0.4 is 0 Å². The van der Waals surface area contributed by atoms with Gasteiger partial charge in [-0.25, -0.2) is 0 Å². The molecule has 0 rings (SSSR count). The Labute approximate surface area is 69.8 Å². The van der Waals surface area contributed by atoms with Crippen LogP contribution in [0.5, 0.6) is 0 Å². The molecule has 0 unspecified atom stereocenters. The van der Waals surface area contributed by atoms with Crippen LogP contribution in [0.15, 0.2) is 0 Å². The van der Waals surface area contributed by atoms with Crippen LogP contribution in [0.25, 0.3) is 0 Å². The Kier molecular flexibility index (Phi) is 21.7. The summed E-state index contributed by atoms with van der Waals surface area (Å²) in [7, 11) is 9.34. The van der Waals surface area contributed by atoms with E-state index in [9.17, 15) is 0 Å². The van der Waals surface area contributed by atoms with E-state index in [1.165, 1.54) is 0 Å². The first-order chi connectivity index (χ1) is 1.41. The molecule has 4 heavy (non-hydrogen) atoms. The molecule has 0 aliphatic rings. The van der Waals surface area contributed by atoms with Gasteiger partial charge in [0.2, 0.25) is 0 Å². The molecule has 0 amide bonds. The van der Waals surface area contributed by atoms with Crippen molar-refractivity contribution in [3.63, 3.8) is 0 Å². The van der Waals surface area contributed by atoms with Crippen molar-refractivity contribution < 1.29 is 13.1 Å². The van der Waals surface area contributed by atoms with E-state index in [0.717, 1.165) is 13.1 Å². The summed E-state index contributed by atoms with van der Waals surface area (Å²) in [6.07, 6.45) is 0. The van der Waals surface area contributed by atoms with Crippen LogP contribution in [0.1, 0.15) is 0 Å². The van der Waals surface area contributed by atoms with Gasteiger partial charge in [0, 0.05) is 37.7 Å². The molecule has 4 heteroatoms. The Morgan fingerprint density at radius 1 is 1.25 bits per heavy atom. The van der Waals surface area contributed by atoms with E-state index in [4.69, 9.17) is 0 Å². The van der Waals surface area contributed by atoms with E-state index in [0.29, 0.717) is 0 Å². The van der Waals surface area contributed by atoms with Gasteiger partial charge in [-0.3, -0.25) is 0 Å². The summed E-state index contributed by atoms with van der Waals surface area (Å²) in [4.78, 5) is 0. The molecule has 0 N–H and O–H groups in total. The molecule has 0 saturated heterocycles. The summed E-state index contributed by atoms with van der Waals surface area (Å²) in [5, 5.41) is 0. The first-order valence-electron chi connectivity index (χ1n) is 0.228. The molecule has 0 nitrogen and oxygen atoms in total. The van der Waals surface area contributed by atoms with Gasteiger partial charge >= 0.3 is 33.3 Å². The quantitative estimate of drug-likeness (QED) is 0.481. The molecule has 0 aliphatic heterocycles. The molecule has 0 aromatic carbocycles. The van der Waals surface area contributed by atoms with Gasteiger partial charge < -0.3 is 0 Å². The van der Waals surface area contributed by atoms with Crippen molar-refractivity contribution in [2.75, 3.05) is 0 Å². The zero-order valence-corrected chi connectivity index (χ0v) is 6.43. The molecule has 0 bridgehead atoms. The molecule has 0 aliphatic carbocycles. The molecule has 0 fully saturated rings. The fourth-order valence-corrected chi connectivity index (χ4v) is 0. The minimum atomic E-state index is 0. The van der Waals surface area contributed by atoms with Crippen molar-refractivity contribution in [1.29, 1.82) is 0 Å². The van der Waals surface area contributed by atoms with Crippen molar-refractivity contribution in [2.45, 2.75) is 0 Å². The molecule has 0 saturated carbocycles. The first kappa shape index (κ1) is 9.61. The monoisotopic (exact) mass is 173 g/mol. The fourth-order valence-electron chi connectivity index (χ4n) is 0. The van der Waals surface area contributed by atoms with E-state index < -0.39 is 0 Å². The predicted molar refractivity (Wildman–Crippen MR) is 17.5 cm³/mol. The second kappa shape index (κ2) is 9.02. The van der Waals surface area contributed by atoms with Gasteiger partial charge in [-0.15, -0.1) is 0 Å². The second-order valence-electron chi connectivity index (χ2n) is 0.0431. The minimum absolute atomic E-state index is 0. The molecule has 2 radical (unpaired) electrons. The van der Waals surface area contributed by atoms with E-state index in [2.05, 4.69) is 20.2 Å². The number of rotatable bonds is 0. The SMILES string of the molecule is [Ca].[Cl][Cu][Cl]. The van der Waals surface area contributed by atoms with E-state index in [1.54, 1.807) is 0 Å². The van der Waals surface area contributed by atoms with E-state index in [1.807, 2.05) is 0 Å². The summed E-state index contributed by atoms with van der Waals surface area (Å²) >= 11 is 0.757. The van der Waals surface area contributed by atoms with Gasteiger partial charge in [-0.1, -0.05) is 0 Å². The van der Waals surface area contributed by atoms with Gasteiger partial charge in [0.1, 0.15) is 0 Å². The third-order valence-corrected chi connectivity index (χ3v) is 0. The zero-order valence-electron chi connectivity index (χ0n) is 1.76. The Balaban J connectivity index is 0. The van der Waals surface area contributed by atoms with Crippen molar-refractivity contribution in [3.8, 4) is 0 Å². The molecular weight excluding hydrogens is 175 g/mol. The standard InChI is InChI=1S/Ca.2ClH.Cu/h;2*1H;/q;;;+2/p-2. The number of halogens is 2. The molecular formula is CaCl2Cu. The first-order valence-corrected chi connectivity index (χ1v) is 2.82.